The highest BCUT2D eigenvalue weighted by Crippen LogP contribution is 2.24. The standard InChI is InChI=1S/C15H14ClN3O3/c1-22-15-5-3-2-4-12(15)10-18-17-9-11-6-7-13(16)14(8-11)19(20)21/h2-9,18H,10H2,1H3/b17-9-. The third-order valence-corrected chi connectivity index (χ3v) is 3.25. The minimum atomic E-state index is -0.526. The molecule has 0 saturated carbocycles. The molecule has 0 aliphatic rings. The number of benzene rings is 2. The highest BCUT2D eigenvalue weighted by molar-refractivity contribution is 6.32. The Hall–Kier alpha value is -2.60. The van der Waals surface area contributed by atoms with Crippen molar-refractivity contribution in [2.24, 2.45) is 5.10 Å². The average Bonchev–Trinajstić information content (AvgIpc) is 2.53. The molecule has 6 nitrogen and oxygen atoms in total. The second kappa shape index (κ2) is 7.42. The summed E-state index contributed by atoms with van der Waals surface area (Å²) in [4.78, 5) is 10.3. The van der Waals surface area contributed by atoms with Crippen LogP contribution in [0.1, 0.15) is 11.1 Å². The van der Waals surface area contributed by atoms with E-state index in [2.05, 4.69) is 10.5 Å². The Labute approximate surface area is 132 Å². The smallest absolute Gasteiger partial charge is 0.288 e. The fourth-order valence-corrected chi connectivity index (χ4v) is 2.04. The van der Waals surface area contributed by atoms with Crippen LogP contribution in [0.2, 0.25) is 5.02 Å². The van der Waals surface area contributed by atoms with Crippen LogP contribution < -0.4 is 10.2 Å². The van der Waals surface area contributed by atoms with E-state index >= 15 is 0 Å². The van der Waals surface area contributed by atoms with Crippen LogP contribution in [-0.4, -0.2) is 18.2 Å². The van der Waals surface area contributed by atoms with Crippen LogP contribution >= 0.6 is 11.6 Å². The van der Waals surface area contributed by atoms with Gasteiger partial charge in [0, 0.05) is 17.2 Å². The predicted octanol–water partition coefficient (Wildman–Crippen LogP) is 3.38. The van der Waals surface area contributed by atoms with Crippen LogP contribution in [0, 0.1) is 10.1 Å². The molecule has 0 bridgehead atoms. The molecule has 0 atom stereocenters. The zero-order valence-electron chi connectivity index (χ0n) is 11.8. The van der Waals surface area contributed by atoms with Crippen molar-refractivity contribution in [2.45, 2.75) is 6.54 Å². The lowest BCUT2D eigenvalue weighted by Crippen LogP contribution is -2.07. The van der Waals surface area contributed by atoms with Gasteiger partial charge in [0.05, 0.1) is 24.8 Å². The summed E-state index contributed by atoms with van der Waals surface area (Å²) in [6, 6.07) is 12.1. The van der Waals surface area contributed by atoms with Crippen LogP contribution in [0.5, 0.6) is 5.75 Å². The molecule has 0 amide bonds. The summed E-state index contributed by atoms with van der Waals surface area (Å²) in [7, 11) is 1.61. The fraction of sp³-hybridized carbons (Fsp3) is 0.133. The number of nitro benzene ring substituents is 1. The average molecular weight is 320 g/mol. The van der Waals surface area contributed by atoms with Crippen molar-refractivity contribution in [3.63, 3.8) is 0 Å². The Balaban J connectivity index is 2.01. The highest BCUT2D eigenvalue weighted by atomic mass is 35.5. The van der Waals surface area contributed by atoms with Gasteiger partial charge in [0.1, 0.15) is 10.8 Å². The van der Waals surface area contributed by atoms with Gasteiger partial charge in [-0.1, -0.05) is 35.9 Å². The van der Waals surface area contributed by atoms with Gasteiger partial charge in [-0.15, -0.1) is 0 Å². The number of hydrogen-bond donors (Lipinski definition) is 1. The molecule has 0 heterocycles. The van der Waals surface area contributed by atoms with E-state index < -0.39 is 4.92 Å². The molecule has 2 rings (SSSR count). The molecule has 0 spiro atoms. The van der Waals surface area contributed by atoms with Crippen LogP contribution in [0.25, 0.3) is 0 Å². The molecule has 22 heavy (non-hydrogen) atoms. The topological polar surface area (TPSA) is 76.8 Å². The van der Waals surface area contributed by atoms with Crippen molar-refractivity contribution >= 4 is 23.5 Å². The zero-order valence-corrected chi connectivity index (χ0v) is 12.6. The Kier molecular flexibility index (Phi) is 5.32. The first kappa shape index (κ1) is 15.8. The van der Waals surface area contributed by atoms with Crippen molar-refractivity contribution in [2.75, 3.05) is 7.11 Å². The van der Waals surface area contributed by atoms with Gasteiger partial charge in [-0.2, -0.15) is 5.10 Å². The molecule has 114 valence electrons. The molecular formula is C15H14ClN3O3. The van der Waals surface area contributed by atoms with E-state index in [0.29, 0.717) is 12.1 Å². The lowest BCUT2D eigenvalue weighted by Gasteiger charge is -2.07. The monoisotopic (exact) mass is 319 g/mol. The number of hydrazone groups is 1. The van der Waals surface area contributed by atoms with E-state index in [9.17, 15) is 10.1 Å². The first-order valence-electron chi connectivity index (χ1n) is 6.43. The van der Waals surface area contributed by atoms with Crippen LogP contribution in [0.4, 0.5) is 5.69 Å². The number of nitro groups is 1. The number of nitrogens with zero attached hydrogens (tertiary/aromatic N) is 2. The van der Waals surface area contributed by atoms with Gasteiger partial charge in [-0.05, 0) is 12.1 Å². The van der Waals surface area contributed by atoms with Crippen LogP contribution in [0.15, 0.2) is 47.6 Å². The second-order valence-electron chi connectivity index (χ2n) is 4.37. The number of ether oxygens (including phenoxy) is 1. The summed E-state index contributed by atoms with van der Waals surface area (Å²) >= 11 is 5.75. The van der Waals surface area contributed by atoms with E-state index in [0.717, 1.165) is 11.3 Å². The van der Waals surface area contributed by atoms with Gasteiger partial charge in [0.2, 0.25) is 0 Å². The summed E-state index contributed by atoms with van der Waals surface area (Å²) in [5.41, 5.74) is 4.28. The minimum absolute atomic E-state index is 0.101. The molecule has 2 aromatic rings. The van der Waals surface area contributed by atoms with Crippen molar-refractivity contribution in [3.8, 4) is 5.75 Å². The third kappa shape index (κ3) is 3.95. The van der Waals surface area contributed by atoms with E-state index in [1.807, 2.05) is 24.3 Å². The van der Waals surface area contributed by atoms with Crippen molar-refractivity contribution in [1.82, 2.24) is 5.43 Å². The maximum absolute atomic E-state index is 10.8. The normalized spacial score (nSPS) is 10.6. The van der Waals surface area contributed by atoms with Gasteiger partial charge in [-0.25, -0.2) is 0 Å². The van der Waals surface area contributed by atoms with E-state index in [4.69, 9.17) is 16.3 Å². The summed E-state index contributed by atoms with van der Waals surface area (Å²) in [6.07, 6.45) is 1.50. The zero-order chi connectivity index (χ0) is 15.9. The molecular weight excluding hydrogens is 306 g/mol. The predicted molar refractivity (Wildman–Crippen MR) is 85.5 cm³/mol. The summed E-state index contributed by atoms with van der Waals surface area (Å²) in [6.45, 7) is 0.482. The summed E-state index contributed by atoms with van der Waals surface area (Å²) in [5.74, 6) is 0.771. The van der Waals surface area contributed by atoms with Gasteiger partial charge in [-0.3, -0.25) is 10.1 Å². The third-order valence-electron chi connectivity index (χ3n) is 2.93. The highest BCUT2D eigenvalue weighted by Gasteiger charge is 2.11. The minimum Gasteiger partial charge on any atom is -0.496 e. The lowest BCUT2D eigenvalue weighted by atomic mass is 10.2. The molecule has 1 N–H and O–H groups in total. The molecule has 0 aliphatic carbocycles. The van der Waals surface area contributed by atoms with Gasteiger partial charge in [0.15, 0.2) is 0 Å². The van der Waals surface area contributed by atoms with E-state index in [1.165, 1.54) is 18.3 Å². The molecule has 0 aliphatic heterocycles. The van der Waals surface area contributed by atoms with Crippen LogP contribution in [0.3, 0.4) is 0 Å². The SMILES string of the molecule is COc1ccccc1CN/N=C\c1ccc(Cl)c([N+](=O)[O-])c1. The van der Waals surface area contributed by atoms with Crippen LogP contribution in [-0.2, 0) is 6.54 Å². The Morgan fingerprint density at radius 1 is 1.36 bits per heavy atom. The quantitative estimate of drug-likeness (QED) is 0.503. The Bertz CT molecular complexity index is 704. The maximum Gasteiger partial charge on any atom is 0.288 e. The first-order valence-corrected chi connectivity index (χ1v) is 6.81. The maximum atomic E-state index is 10.8. The molecule has 0 saturated heterocycles. The largest absolute Gasteiger partial charge is 0.496 e. The Morgan fingerprint density at radius 3 is 2.86 bits per heavy atom. The number of hydrogen-bond acceptors (Lipinski definition) is 5. The molecule has 0 radical (unpaired) electrons. The van der Waals surface area contributed by atoms with Gasteiger partial charge >= 0.3 is 0 Å². The summed E-state index contributed by atoms with van der Waals surface area (Å²) in [5, 5.41) is 15.0. The molecule has 0 unspecified atom stereocenters. The molecule has 0 fully saturated rings. The van der Waals surface area contributed by atoms with E-state index in [1.54, 1.807) is 13.2 Å². The number of nitrogens with one attached hydrogen (secondary N) is 1. The van der Waals surface area contributed by atoms with Crippen molar-refractivity contribution in [3.05, 3.63) is 68.7 Å². The van der Waals surface area contributed by atoms with Gasteiger partial charge < -0.3 is 10.2 Å². The lowest BCUT2D eigenvalue weighted by molar-refractivity contribution is -0.384. The first-order chi connectivity index (χ1) is 10.6. The Morgan fingerprint density at radius 2 is 2.14 bits per heavy atom. The molecule has 0 aromatic heterocycles. The van der Waals surface area contributed by atoms with Crippen molar-refractivity contribution in [1.29, 1.82) is 0 Å². The van der Waals surface area contributed by atoms with E-state index in [-0.39, 0.29) is 10.7 Å². The number of halogens is 1. The summed E-state index contributed by atoms with van der Waals surface area (Å²) < 4.78 is 5.23. The number of methoxy groups -OCH3 is 1. The molecule has 7 heteroatoms. The second-order valence-corrected chi connectivity index (χ2v) is 4.78. The number of rotatable bonds is 6. The number of para-hydroxylation sites is 1. The fourth-order valence-electron chi connectivity index (χ4n) is 1.85. The van der Waals surface area contributed by atoms with Gasteiger partial charge in [0.25, 0.3) is 5.69 Å². The van der Waals surface area contributed by atoms with Crippen molar-refractivity contribution < 1.29 is 9.66 Å². The molecule has 2 aromatic carbocycles.